The van der Waals surface area contributed by atoms with Crippen LogP contribution in [0.3, 0.4) is 0 Å². The number of hydrogen-bond donors (Lipinski definition) is 1. The molecular formula is C12H14ClF8NO4S. The van der Waals surface area contributed by atoms with E-state index < -0.39 is 44.7 Å². The van der Waals surface area contributed by atoms with Crippen LogP contribution in [0, 0.1) is 5.92 Å². The summed E-state index contributed by atoms with van der Waals surface area (Å²) in [5, 5.41) is -12.3. The largest absolute Gasteiger partial charge is 0.453 e. The third kappa shape index (κ3) is 5.34. The molecule has 0 bridgehead atoms. The number of halogens is 9. The summed E-state index contributed by atoms with van der Waals surface area (Å²) in [5.74, 6) is -2.62. The van der Waals surface area contributed by atoms with Gasteiger partial charge in [0.1, 0.15) is 0 Å². The fourth-order valence-corrected chi connectivity index (χ4v) is 3.21. The lowest BCUT2D eigenvalue weighted by Gasteiger charge is -2.30. The van der Waals surface area contributed by atoms with Gasteiger partial charge in [-0.25, -0.2) is 9.46 Å². The highest BCUT2D eigenvalue weighted by atomic mass is 35.5. The van der Waals surface area contributed by atoms with E-state index in [2.05, 4.69) is 16.3 Å². The summed E-state index contributed by atoms with van der Waals surface area (Å²) in [5.41, 5.74) is 0. The Morgan fingerprint density at radius 1 is 0.889 bits per heavy atom. The molecule has 0 aliphatic heterocycles. The van der Waals surface area contributed by atoms with E-state index in [0.29, 0.717) is 30.4 Å². The van der Waals surface area contributed by atoms with Crippen LogP contribution in [0.2, 0.25) is 0 Å². The summed E-state index contributed by atoms with van der Waals surface area (Å²) in [4.78, 5) is 11.8. The lowest BCUT2D eigenvalue weighted by atomic mass is 10.0. The summed E-state index contributed by atoms with van der Waals surface area (Å²) < 4.78 is 130. The number of carbonyl (C=O) groups is 1. The fourth-order valence-electron chi connectivity index (χ4n) is 2.26. The Hall–Kier alpha value is -0.890. The summed E-state index contributed by atoms with van der Waals surface area (Å²) >= 11 is 3.79. The van der Waals surface area contributed by atoms with Gasteiger partial charge < -0.3 is 0 Å². The number of carbonyl (C=O) groups excluding carboxylic acids is 1. The average Bonchev–Trinajstić information content (AvgIpc) is 2.73. The minimum absolute atomic E-state index is 0.0936. The molecule has 0 aromatic heterocycles. The number of alkyl halides is 9. The minimum atomic E-state index is -6.65. The molecule has 0 aromatic rings. The summed E-state index contributed by atoms with van der Waals surface area (Å²) in [6.45, 7) is 0. The lowest BCUT2D eigenvalue weighted by Crippen LogP contribution is -2.58. The van der Waals surface area contributed by atoms with Gasteiger partial charge in [-0.1, -0.05) is 25.7 Å². The van der Waals surface area contributed by atoms with E-state index in [9.17, 15) is 48.3 Å². The van der Waals surface area contributed by atoms with E-state index in [1.54, 1.807) is 0 Å². The average molecular weight is 456 g/mol. The van der Waals surface area contributed by atoms with Crippen LogP contribution >= 0.6 is 11.6 Å². The van der Waals surface area contributed by atoms with Gasteiger partial charge in [0.2, 0.25) is 5.91 Å². The van der Waals surface area contributed by atoms with Crippen molar-refractivity contribution in [3.05, 3.63) is 0 Å². The van der Waals surface area contributed by atoms with E-state index in [0.717, 1.165) is 0 Å². The van der Waals surface area contributed by atoms with Crippen molar-refractivity contribution in [1.29, 1.82) is 0 Å². The Labute approximate surface area is 153 Å². The van der Waals surface area contributed by atoms with Crippen molar-refractivity contribution >= 4 is 27.5 Å². The molecule has 0 unspecified atom stereocenters. The highest BCUT2D eigenvalue weighted by Crippen LogP contribution is 2.47. The van der Waals surface area contributed by atoms with Gasteiger partial charge in [-0.3, -0.25) is 4.79 Å². The Morgan fingerprint density at radius 3 is 1.74 bits per heavy atom. The highest BCUT2D eigenvalue weighted by molar-refractivity contribution is 7.91. The lowest BCUT2D eigenvalue weighted by molar-refractivity contribution is -0.442. The van der Waals surface area contributed by atoms with Crippen LogP contribution in [0.25, 0.3) is 0 Å². The van der Waals surface area contributed by atoms with Gasteiger partial charge >= 0.3 is 32.9 Å². The first-order valence-corrected chi connectivity index (χ1v) is 9.27. The first-order valence-electron chi connectivity index (χ1n) is 7.41. The number of nitrogens with one attached hydrogen (secondary N) is 1. The topological polar surface area (TPSA) is 72.5 Å². The number of amides is 1. The van der Waals surface area contributed by atoms with Crippen LogP contribution in [0.1, 0.15) is 38.5 Å². The number of rotatable bonds is 7. The van der Waals surface area contributed by atoms with E-state index in [4.69, 9.17) is 0 Å². The molecule has 160 valence electrons. The van der Waals surface area contributed by atoms with Crippen LogP contribution in [0.15, 0.2) is 0 Å². The van der Waals surface area contributed by atoms with Gasteiger partial charge in [0.15, 0.2) is 0 Å². The second-order valence-electron chi connectivity index (χ2n) is 5.81. The minimum Gasteiger partial charge on any atom is -0.274 e. The van der Waals surface area contributed by atoms with Gasteiger partial charge in [0.05, 0.1) is 0 Å². The molecule has 27 heavy (non-hydrogen) atoms. The van der Waals surface area contributed by atoms with Crippen LogP contribution in [-0.2, 0) is 19.6 Å². The Kier molecular flexibility index (Phi) is 7.02. The quantitative estimate of drug-likeness (QED) is 0.357. The molecule has 1 rings (SSSR count). The van der Waals surface area contributed by atoms with Crippen molar-refractivity contribution in [3.8, 4) is 0 Å². The third-order valence-corrected chi connectivity index (χ3v) is 5.33. The van der Waals surface area contributed by atoms with Crippen LogP contribution < -0.4 is 4.72 Å². The van der Waals surface area contributed by atoms with Crippen LogP contribution in [0.5, 0.6) is 0 Å². The molecule has 15 heteroatoms. The monoisotopic (exact) mass is 455 g/mol. The molecule has 1 fully saturated rings. The number of hydrogen-bond acceptors (Lipinski definition) is 4. The van der Waals surface area contributed by atoms with Gasteiger partial charge in [-0.15, -0.1) is 0 Å². The number of ether oxygens (including phenoxy) is 1. The predicted molar refractivity (Wildman–Crippen MR) is 75.0 cm³/mol. The second kappa shape index (κ2) is 7.85. The molecule has 1 amide bonds. The molecule has 0 radical (unpaired) electrons. The molecule has 0 spiro atoms. The Balaban J connectivity index is 3.02. The fraction of sp³-hybridized carbons (Fsp3) is 0.917. The molecule has 5 nitrogen and oxygen atoms in total. The maximum Gasteiger partial charge on any atom is 0.453 e. The van der Waals surface area contributed by atoms with Crippen molar-refractivity contribution in [3.63, 3.8) is 0 Å². The Bertz CT molecular complexity index is 644. The molecule has 0 saturated heterocycles. The molecule has 1 aliphatic carbocycles. The molecular weight excluding hydrogens is 442 g/mol. The highest BCUT2D eigenvalue weighted by Gasteiger charge is 2.74. The second-order valence-corrected chi connectivity index (χ2v) is 8.01. The molecule has 0 atom stereocenters. The zero-order valence-electron chi connectivity index (χ0n) is 13.3. The van der Waals surface area contributed by atoms with E-state index in [-0.39, 0.29) is 12.8 Å². The smallest absolute Gasteiger partial charge is 0.274 e. The maximum absolute atomic E-state index is 13.6. The molecule has 1 saturated carbocycles. The third-order valence-electron chi connectivity index (χ3n) is 3.72. The summed E-state index contributed by atoms with van der Waals surface area (Å²) in [6.07, 6.45) is -10.5. The SMILES string of the molecule is O=C(NS(=O)(=O)C(F)(F)C(F)(F)OC(F)(F)C(F)(F)Cl)C1CCCCCC1. The summed E-state index contributed by atoms with van der Waals surface area (Å²) in [6, 6.07) is 0. The van der Waals surface area contributed by atoms with Gasteiger partial charge in [-0.05, 0) is 24.4 Å². The van der Waals surface area contributed by atoms with Gasteiger partial charge in [0, 0.05) is 5.92 Å². The maximum atomic E-state index is 13.6. The normalized spacial score (nSPS) is 18.9. The van der Waals surface area contributed by atoms with Crippen LogP contribution in [0.4, 0.5) is 35.1 Å². The van der Waals surface area contributed by atoms with Gasteiger partial charge in [-0.2, -0.15) is 43.5 Å². The first kappa shape index (κ1) is 24.1. The van der Waals surface area contributed by atoms with E-state index >= 15 is 0 Å². The molecule has 0 heterocycles. The predicted octanol–water partition coefficient (Wildman–Crippen LogP) is 4.03. The van der Waals surface area contributed by atoms with E-state index in [1.165, 1.54) is 0 Å². The zero-order chi connectivity index (χ0) is 21.3. The number of sulfonamides is 1. The molecule has 0 aromatic carbocycles. The molecule has 1 N–H and O–H groups in total. The molecule has 1 aliphatic rings. The summed E-state index contributed by atoms with van der Waals surface area (Å²) in [7, 11) is -6.63. The first-order chi connectivity index (χ1) is 11.9. The van der Waals surface area contributed by atoms with E-state index in [1.807, 2.05) is 0 Å². The Morgan fingerprint density at radius 2 is 1.33 bits per heavy atom. The van der Waals surface area contributed by atoms with Crippen molar-refractivity contribution in [1.82, 2.24) is 4.72 Å². The van der Waals surface area contributed by atoms with Crippen molar-refractivity contribution in [2.24, 2.45) is 5.92 Å². The van der Waals surface area contributed by atoms with Crippen LogP contribution in [-0.4, -0.2) is 37.2 Å². The standard InChI is InChI=1S/C12H14ClF8NO4S/c13-9(14,15)10(16,17)26-11(18,19)12(20,21)27(24,25)22-8(23)7-5-3-1-2-4-6-7/h7H,1-6H2,(H,22,23). The van der Waals surface area contributed by atoms with Crippen molar-refractivity contribution in [2.75, 3.05) is 0 Å². The zero-order valence-corrected chi connectivity index (χ0v) is 14.8. The van der Waals surface area contributed by atoms with Gasteiger partial charge in [0.25, 0.3) is 0 Å². The van der Waals surface area contributed by atoms with Crippen molar-refractivity contribution < 1.29 is 53.1 Å². The van der Waals surface area contributed by atoms with Crippen molar-refractivity contribution in [2.45, 2.75) is 61.4 Å².